The van der Waals surface area contributed by atoms with E-state index in [1.165, 1.54) is 4.57 Å². The van der Waals surface area contributed by atoms with Crippen molar-refractivity contribution in [2.75, 3.05) is 6.61 Å². The maximum absolute atomic E-state index is 11.8. The number of esters is 1. The molecule has 0 atom stereocenters. The highest BCUT2D eigenvalue weighted by molar-refractivity contribution is 9.10. The minimum Gasteiger partial charge on any atom is -0.466 e. The lowest BCUT2D eigenvalue weighted by Gasteiger charge is -2.07. The first-order chi connectivity index (χ1) is 8.93. The zero-order chi connectivity index (χ0) is 14.4. The molecule has 0 spiro atoms. The van der Waals surface area contributed by atoms with E-state index >= 15 is 0 Å². The Morgan fingerprint density at radius 2 is 2.05 bits per heavy atom. The molecule has 5 nitrogen and oxygen atoms in total. The molecular formula is C13H16BrNO4. The number of carbonyl (C=O) groups excluding carboxylic acids is 2. The summed E-state index contributed by atoms with van der Waals surface area (Å²) in [7, 11) is 0. The quantitative estimate of drug-likeness (QED) is 0.747. The van der Waals surface area contributed by atoms with Crippen LogP contribution in [0.15, 0.2) is 21.5 Å². The fourth-order valence-corrected chi connectivity index (χ4v) is 2.19. The first-order valence-corrected chi connectivity index (χ1v) is 6.77. The van der Waals surface area contributed by atoms with Gasteiger partial charge < -0.3 is 9.30 Å². The van der Waals surface area contributed by atoms with E-state index < -0.39 is 5.97 Å². The summed E-state index contributed by atoms with van der Waals surface area (Å²) in [6.07, 6.45) is 1.70. The summed E-state index contributed by atoms with van der Waals surface area (Å²) in [4.78, 5) is 34.6. The molecule has 6 heteroatoms. The number of hydrogen-bond donors (Lipinski definition) is 0. The van der Waals surface area contributed by atoms with Crippen LogP contribution < -0.4 is 5.56 Å². The molecule has 0 fully saturated rings. The first kappa shape index (κ1) is 15.6. The number of aryl methyl sites for hydroxylation is 1. The fourth-order valence-electron chi connectivity index (χ4n) is 1.60. The lowest BCUT2D eigenvalue weighted by atomic mass is 10.2. The van der Waals surface area contributed by atoms with Gasteiger partial charge >= 0.3 is 5.97 Å². The Morgan fingerprint density at radius 3 is 2.68 bits per heavy atom. The van der Waals surface area contributed by atoms with Crippen molar-refractivity contribution in [1.29, 1.82) is 0 Å². The molecule has 1 aromatic rings. The maximum atomic E-state index is 11.8. The molecule has 0 saturated heterocycles. The molecule has 0 saturated carbocycles. The number of ketones is 1. The summed E-state index contributed by atoms with van der Waals surface area (Å²) in [6.45, 7) is 3.67. The van der Waals surface area contributed by atoms with Crippen LogP contribution >= 0.6 is 15.9 Å². The number of carbonyl (C=O) groups is 2. The van der Waals surface area contributed by atoms with Gasteiger partial charge in [0.05, 0.1) is 19.6 Å². The van der Waals surface area contributed by atoms with Gasteiger partial charge in [-0.2, -0.15) is 0 Å². The average Bonchev–Trinajstić information content (AvgIpc) is 2.33. The third kappa shape index (κ3) is 4.98. The number of Topliss-reactive ketones (excluding diaryl/α,β-unsaturated/α-hetero) is 1. The van der Waals surface area contributed by atoms with E-state index in [0.29, 0.717) is 12.2 Å². The molecule has 0 aromatic carbocycles. The highest BCUT2D eigenvalue weighted by Crippen LogP contribution is 2.08. The van der Waals surface area contributed by atoms with Crippen molar-refractivity contribution in [2.45, 2.75) is 33.2 Å². The molecule has 104 valence electrons. The highest BCUT2D eigenvalue weighted by Gasteiger charge is 2.10. The molecule has 0 radical (unpaired) electrons. The predicted molar refractivity (Wildman–Crippen MR) is 74.0 cm³/mol. The van der Waals surface area contributed by atoms with Gasteiger partial charge in [-0.05, 0) is 35.8 Å². The summed E-state index contributed by atoms with van der Waals surface area (Å²) in [5, 5.41) is 0. The topological polar surface area (TPSA) is 65.4 Å². The second-order valence-electron chi connectivity index (χ2n) is 4.12. The summed E-state index contributed by atoms with van der Waals surface area (Å²) in [5.74, 6) is -0.568. The van der Waals surface area contributed by atoms with Crippen LogP contribution in [-0.4, -0.2) is 22.9 Å². The Labute approximate surface area is 119 Å². The zero-order valence-corrected chi connectivity index (χ0v) is 12.5. The van der Waals surface area contributed by atoms with Gasteiger partial charge in [0, 0.05) is 22.7 Å². The van der Waals surface area contributed by atoms with Gasteiger partial charge in [0.1, 0.15) is 0 Å². The monoisotopic (exact) mass is 329 g/mol. The minimum atomic E-state index is -0.395. The lowest BCUT2D eigenvalue weighted by molar-refractivity contribution is -0.144. The van der Waals surface area contributed by atoms with E-state index in [0.717, 1.165) is 4.47 Å². The van der Waals surface area contributed by atoms with E-state index in [1.54, 1.807) is 26.1 Å². The van der Waals surface area contributed by atoms with E-state index in [-0.39, 0.29) is 30.7 Å². The first-order valence-electron chi connectivity index (χ1n) is 5.98. The van der Waals surface area contributed by atoms with Crippen LogP contribution in [0.1, 0.15) is 25.3 Å². The second-order valence-corrected chi connectivity index (χ2v) is 5.03. The van der Waals surface area contributed by atoms with E-state index in [4.69, 9.17) is 4.74 Å². The number of rotatable bonds is 6. The van der Waals surface area contributed by atoms with Gasteiger partial charge in [-0.3, -0.25) is 14.4 Å². The van der Waals surface area contributed by atoms with Crippen LogP contribution in [-0.2, 0) is 20.9 Å². The predicted octanol–water partition coefficient (Wildman–Crippen LogP) is 1.83. The zero-order valence-electron chi connectivity index (χ0n) is 10.9. The minimum absolute atomic E-state index is 0.0292. The van der Waals surface area contributed by atoms with Crippen molar-refractivity contribution in [3.8, 4) is 0 Å². The molecular weight excluding hydrogens is 314 g/mol. The largest absolute Gasteiger partial charge is 0.466 e. The average molecular weight is 330 g/mol. The van der Waals surface area contributed by atoms with Gasteiger partial charge in [-0.1, -0.05) is 0 Å². The summed E-state index contributed by atoms with van der Waals surface area (Å²) >= 11 is 3.27. The third-order valence-electron chi connectivity index (χ3n) is 2.49. The Morgan fingerprint density at radius 1 is 1.37 bits per heavy atom. The molecule has 0 bridgehead atoms. The van der Waals surface area contributed by atoms with E-state index in [1.807, 2.05) is 0 Å². The molecule has 1 rings (SSSR count). The molecule has 0 N–H and O–H groups in total. The molecule has 0 aliphatic carbocycles. The Bertz CT molecular complexity index is 536. The summed E-state index contributed by atoms with van der Waals surface area (Å²) in [5.41, 5.74) is 0.361. The van der Waals surface area contributed by atoms with E-state index in [9.17, 15) is 14.4 Å². The lowest BCUT2D eigenvalue weighted by Crippen LogP contribution is -2.25. The number of halogens is 1. The van der Waals surface area contributed by atoms with Crippen LogP contribution in [0.25, 0.3) is 0 Å². The smallest absolute Gasteiger partial charge is 0.306 e. The van der Waals surface area contributed by atoms with Crippen molar-refractivity contribution >= 4 is 27.7 Å². The number of nitrogens with zero attached hydrogens (tertiary/aromatic N) is 1. The third-order valence-corrected chi connectivity index (χ3v) is 2.93. The SMILES string of the molecule is CCOC(=O)CCC(=O)Cn1cc(Br)cc(C)c1=O. The Hall–Kier alpha value is -1.43. The Balaban J connectivity index is 2.63. The second kappa shape index (κ2) is 7.23. The van der Waals surface area contributed by atoms with Gasteiger partial charge in [-0.15, -0.1) is 0 Å². The molecule has 1 aromatic heterocycles. The van der Waals surface area contributed by atoms with Crippen molar-refractivity contribution in [3.63, 3.8) is 0 Å². The normalized spacial score (nSPS) is 10.3. The summed E-state index contributed by atoms with van der Waals surface area (Å²) in [6, 6.07) is 1.70. The fraction of sp³-hybridized carbons (Fsp3) is 0.462. The standard InChI is InChI=1S/C13H16BrNO4/c1-3-19-12(17)5-4-11(16)8-15-7-10(14)6-9(2)13(15)18/h6-7H,3-5,8H2,1-2H3. The van der Waals surface area contributed by atoms with Crippen LogP contribution in [0.2, 0.25) is 0 Å². The van der Waals surface area contributed by atoms with Crippen molar-refractivity contribution in [2.24, 2.45) is 0 Å². The van der Waals surface area contributed by atoms with Crippen molar-refractivity contribution in [1.82, 2.24) is 4.57 Å². The Kier molecular flexibility index (Phi) is 5.95. The molecule has 1 heterocycles. The van der Waals surface area contributed by atoms with Crippen LogP contribution in [0.5, 0.6) is 0 Å². The number of ether oxygens (including phenoxy) is 1. The van der Waals surface area contributed by atoms with Crippen LogP contribution in [0, 0.1) is 6.92 Å². The van der Waals surface area contributed by atoms with Crippen LogP contribution in [0.4, 0.5) is 0 Å². The number of pyridine rings is 1. The van der Waals surface area contributed by atoms with Gasteiger partial charge in [0.15, 0.2) is 5.78 Å². The molecule has 0 aliphatic heterocycles. The summed E-state index contributed by atoms with van der Waals surface area (Å²) < 4.78 is 6.82. The van der Waals surface area contributed by atoms with Crippen LogP contribution in [0.3, 0.4) is 0 Å². The molecule has 0 aliphatic rings. The van der Waals surface area contributed by atoms with Crippen molar-refractivity contribution in [3.05, 3.63) is 32.7 Å². The van der Waals surface area contributed by atoms with Gasteiger partial charge in [0.25, 0.3) is 5.56 Å². The van der Waals surface area contributed by atoms with Gasteiger partial charge in [-0.25, -0.2) is 0 Å². The number of aromatic nitrogens is 1. The molecule has 0 unspecified atom stereocenters. The highest BCUT2D eigenvalue weighted by atomic mass is 79.9. The molecule has 19 heavy (non-hydrogen) atoms. The molecule has 0 amide bonds. The van der Waals surface area contributed by atoms with Gasteiger partial charge in [0.2, 0.25) is 0 Å². The maximum Gasteiger partial charge on any atom is 0.306 e. The van der Waals surface area contributed by atoms with E-state index in [2.05, 4.69) is 15.9 Å². The number of hydrogen-bond acceptors (Lipinski definition) is 4. The van der Waals surface area contributed by atoms with Crippen molar-refractivity contribution < 1.29 is 14.3 Å².